The molecule has 3 aliphatic rings. The van der Waals surface area contributed by atoms with E-state index >= 15 is 0 Å². The van der Waals surface area contributed by atoms with Crippen LogP contribution >= 0.6 is 0 Å². The van der Waals surface area contributed by atoms with E-state index in [9.17, 15) is 14.4 Å². The maximum absolute atomic E-state index is 13.2. The molecule has 4 heterocycles. The molecule has 4 rings (SSSR count). The fourth-order valence-corrected chi connectivity index (χ4v) is 5.20. The van der Waals surface area contributed by atoms with Gasteiger partial charge in [-0.25, -0.2) is 4.79 Å². The molecule has 2 bridgehead atoms. The Bertz CT molecular complexity index is 841. The summed E-state index contributed by atoms with van der Waals surface area (Å²) in [7, 11) is 0. The van der Waals surface area contributed by atoms with Gasteiger partial charge in [0.1, 0.15) is 5.56 Å². The molecule has 0 aromatic carbocycles. The smallest absolute Gasteiger partial charge is 0.317 e. The Balaban J connectivity index is 1.51. The number of rotatable bonds is 4. The van der Waals surface area contributed by atoms with E-state index < -0.39 is 0 Å². The molecule has 2 fully saturated rings. The van der Waals surface area contributed by atoms with Gasteiger partial charge in [0.25, 0.3) is 11.5 Å². The molecule has 30 heavy (non-hydrogen) atoms. The predicted octanol–water partition coefficient (Wildman–Crippen LogP) is 2.79. The lowest BCUT2D eigenvalue weighted by Gasteiger charge is -2.42. The molecule has 2 atom stereocenters. The Hall–Kier alpha value is -2.31. The number of hydrogen-bond acceptors (Lipinski definition) is 3. The number of likely N-dealkylation sites (tertiary alicyclic amines) is 2. The van der Waals surface area contributed by atoms with Crippen molar-refractivity contribution in [1.82, 2.24) is 19.7 Å². The molecule has 2 saturated heterocycles. The zero-order valence-corrected chi connectivity index (χ0v) is 18.1. The molecule has 3 aliphatic heterocycles. The molecule has 1 aromatic rings. The Morgan fingerprint density at radius 1 is 1.03 bits per heavy atom. The number of aromatic nitrogens is 1. The summed E-state index contributed by atoms with van der Waals surface area (Å²) in [5, 5.41) is 3.01. The molecule has 164 valence electrons. The molecule has 0 saturated carbocycles. The number of amides is 3. The second-order valence-corrected chi connectivity index (χ2v) is 9.08. The van der Waals surface area contributed by atoms with Gasteiger partial charge >= 0.3 is 6.03 Å². The standard InChI is InChI=1S/C23H34N4O3/c1-2-3-10-24-23(30)26-14-17-13-18(16-26)20-9-8-19(22(29)27(20)15-17)21(28)25-11-6-4-5-7-12-25/h8-9,17-18H,2-7,10-16H2,1H3,(H,24,30)/t17-,18+/m0/s1. The van der Waals surface area contributed by atoms with Crippen molar-refractivity contribution in [2.45, 2.75) is 64.3 Å². The van der Waals surface area contributed by atoms with Gasteiger partial charge in [0, 0.05) is 50.9 Å². The Morgan fingerprint density at radius 3 is 2.53 bits per heavy atom. The number of nitrogens with one attached hydrogen (secondary N) is 1. The first-order valence-electron chi connectivity index (χ1n) is 11.6. The highest BCUT2D eigenvalue weighted by Crippen LogP contribution is 2.35. The first-order valence-corrected chi connectivity index (χ1v) is 11.6. The third kappa shape index (κ3) is 4.25. The average Bonchev–Trinajstić information content (AvgIpc) is 3.03. The van der Waals surface area contributed by atoms with Gasteiger partial charge < -0.3 is 19.7 Å². The summed E-state index contributed by atoms with van der Waals surface area (Å²) in [5.41, 5.74) is 1.11. The van der Waals surface area contributed by atoms with Crippen LogP contribution in [0.3, 0.4) is 0 Å². The third-order valence-electron chi connectivity index (χ3n) is 6.82. The monoisotopic (exact) mass is 414 g/mol. The van der Waals surface area contributed by atoms with Crippen LogP contribution < -0.4 is 10.9 Å². The highest BCUT2D eigenvalue weighted by Gasteiger charge is 2.37. The van der Waals surface area contributed by atoms with Crippen molar-refractivity contribution in [3.63, 3.8) is 0 Å². The van der Waals surface area contributed by atoms with E-state index in [0.29, 0.717) is 31.7 Å². The topological polar surface area (TPSA) is 74.7 Å². The van der Waals surface area contributed by atoms with Crippen LogP contribution in [0.5, 0.6) is 0 Å². The van der Waals surface area contributed by atoms with E-state index in [1.54, 1.807) is 6.07 Å². The van der Waals surface area contributed by atoms with Crippen LogP contribution in [0.15, 0.2) is 16.9 Å². The summed E-state index contributed by atoms with van der Waals surface area (Å²) in [5.74, 6) is 0.295. The number of hydrogen-bond donors (Lipinski definition) is 1. The van der Waals surface area contributed by atoms with Crippen LogP contribution in [0.25, 0.3) is 0 Å². The van der Waals surface area contributed by atoms with Crippen LogP contribution in [0.1, 0.15) is 73.8 Å². The number of unbranched alkanes of at least 4 members (excludes halogenated alkanes) is 1. The summed E-state index contributed by atoms with van der Waals surface area (Å²) in [6.07, 6.45) is 7.37. The summed E-state index contributed by atoms with van der Waals surface area (Å²) in [6, 6.07) is 3.68. The summed E-state index contributed by atoms with van der Waals surface area (Å²) in [4.78, 5) is 42.5. The number of urea groups is 1. The van der Waals surface area contributed by atoms with Crippen LogP contribution in [-0.2, 0) is 6.54 Å². The number of piperidine rings is 1. The zero-order chi connectivity index (χ0) is 21.1. The van der Waals surface area contributed by atoms with E-state index in [2.05, 4.69) is 12.2 Å². The average molecular weight is 415 g/mol. The first-order chi connectivity index (χ1) is 14.6. The molecule has 3 amide bonds. The van der Waals surface area contributed by atoms with Gasteiger partial charge in [-0.05, 0) is 43.7 Å². The molecule has 0 unspecified atom stereocenters. The number of carbonyl (C=O) groups is 2. The van der Waals surface area contributed by atoms with Crippen LogP contribution in [-0.4, -0.2) is 59.0 Å². The van der Waals surface area contributed by atoms with Crippen molar-refractivity contribution in [2.24, 2.45) is 5.92 Å². The lowest BCUT2D eigenvalue weighted by Crippen LogP contribution is -2.52. The molecule has 7 nitrogen and oxygen atoms in total. The summed E-state index contributed by atoms with van der Waals surface area (Å²) >= 11 is 0. The van der Waals surface area contributed by atoms with Gasteiger partial charge in [0.15, 0.2) is 0 Å². The van der Waals surface area contributed by atoms with Crippen LogP contribution in [0.2, 0.25) is 0 Å². The van der Waals surface area contributed by atoms with Crippen molar-refractivity contribution in [1.29, 1.82) is 0 Å². The van der Waals surface area contributed by atoms with Crippen molar-refractivity contribution in [3.8, 4) is 0 Å². The van der Waals surface area contributed by atoms with Gasteiger partial charge in [0.05, 0.1) is 0 Å². The molecule has 0 aliphatic carbocycles. The zero-order valence-electron chi connectivity index (χ0n) is 18.1. The van der Waals surface area contributed by atoms with E-state index in [4.69, 9.17) is 0 Å². The lowest BCUT2D eigenvalue weighted by atomic mass is 9.83. The second-order valence-electron chi connectivity index (χ2n) is 9.08. The Morgan fingerprint density at radius 2 is 1.80 bits per heavy atom. The van der Waals surface area contributed by atoms with E-state index in [0.717, 1.165) is 63.7 Å². The van der Waals surface area contributed by atoms with E-state index in [1.165, 1.54) is 0 Å². The Kier molecular flexibility index (Phi) is 6.44. The molecule has 0 spiro atoms. The minimum Gasteiger partial charge on any atom is -0.338 e. The Labute approximate surface area is 178 Å². The van der Waals surface area contributed by atoms with Crippen molar-refractivity contribution >= 4 is 11.9 Å². The maximum atomic E-state index is 13.2. The molecule has 0 radical (unpaired) electrons. The van der Waals surface area contributed by atoms with Crippen LogP contribution in [0.4, 0.5) is 4.79 Å². The number of nitrogens with zero attached hydrogens (tertiary/aromatic N) is 3. The SMILES string of the molecule is CCCCNC(=O)N1C[C@@H]2C[C@H](C1)c1ccc(C(=O)N3CCCCCC3)c(=O)n1C2. The third-order valence-corrected chi connectivity index (χ3v) is 6.82. The van der Waals surface area contributed by atoms with E-state index in [1.807, 2.05) is 20.4 Å². The van der Waals surface area contributed by atoms with Crippen molar-refractivity contribution < 1.29 is 9.59 Å². The fraction of sp³-hybridized carbons (Fsp3) is 0.696. The number of carbonyl (C=O) groups excluding carboxylic acids is 2. The second kappa shape index (κ2) is 9.23. The van der Waals surface area contributed by atoms with Gasteiger partial charge in [-0.3, -0.25) is 9.59 Å². The largest absolute Gasteiger partial charge is 0.338 e. The van der Waals surface area contributed by atoms with Crippen molar-refractivity contribution in [2.75, 3.05) is 32.7 Å². The van der Waals surface area contributed by atoms with Crippen molar-refractivity contribution in [3.05, 3.63) is 33.7 Å². The number of pyridine rings is 1. The van der Waals surface area contributed by atoms with Gasteiger partial charge in [-0.15, -0.1) is 0 Å². The minimum absolute atomic E-state index is 0.00177. The fourth-order valence-electron chi connectivity index (χ4n) is 5.20. The molecular formula is C23H34N4O3. The highest BCUT2D eigenvalue weighted by atomic mass is 16.2. The number of fused-ring (bicyclic) bond motifs is 4. The minimum atomic E-state index is -0.155. The molecule has 1 N–H and O–H groups in total. The van der Waals surface area contributed by atoms with Crippen LogP contribution in [0, 0.1) is 5.92 Å². The molecular weight excluding hydrogens is 380 g/mol. The van der Waals surface area contributed by atoms with E-state index in [-0.39, 0.29) is 29.3 Å². The quantitative estimate of drug-likeness (QED) is 0.770. The molecule has 7 heteroatoms. The first kappa shape index (κ1) is 20.9. The maximum Gasteiger partial charge on any atom is 0.317 e. The molecule has 1 aromatic heterocycles. The van der Waals surface area contributed by atoms with Gasteiger partial charge in [-0.2, -0.15) is 0 Å². The summed E-state index contributed by atoms with van der Waals surface area (Å²) < 4.78 is 1.82. The van der Waals surface area contributed by atoms with Gasteiger partial charge in [-0.1, -0.05) is 26.2 Å². The predicted molar refractivity (Wildman–Crippen MR) is 116 cm³/mol. The van der Waals surface area contributed by atoms with Gasteiger partial charge in [0.2, 0.25) is 0 Å². The normalized spacial score (nSPS) is 23.5. The summed E-state index contributed by atoms with van der Waals surface area (Å²) in [6.45, 7) is 6.19. The highest BCUT2D eigenvalue weighted by molar-refractivity contribution is 5.94. The lowest BCUT2D eigenvalue weighted by molar-refractivity contribution is 0.0757.